The van der Waals surface area contributed by atoms with Crippen molar-refractivity contribution >= 4 is 21.4 Å². The first kappa shape index (κ1) is 12.4. The molecule has 94 valence electrons. The molecule has 0 atom stereocenters. The molecule has 0 bridgehead atoms. The predicted octanol–water partition coefficient (Wildman–Crippen LogP) is 2.31. The van der Waals surface area contributed by atoms with E-state index in [-0.39, 0.29) is 0 Å². The van der Waals surface area contributed by atoms with Crippen LogP contribution in [0.2, 0.25) is 0 Å². The summed E-state index contributed by atoms with van der Waals surface area (Å²) in [6.45, 7) is 0. The van der Waals surface area contributed by atoms with E-state index in [4.69, 9.17) is 5.73 Å². The minimum Gasteiger partial charge on any atom is -0.399 e. The standard InChI is InChI=1S/C13H14N2O2S/c1-18(16,17)15-13-8-4-11(5-9-13)10-2-6-12(14)7-3-10/h2-9,15H,14H2,1H3. The fourth-order valence-corrected chi connectivity index (χ4v) is 2.18. The summed E-state index contributed by atoms with van der Waals surface area (Å²) in [4.78, 5) is 0. The first-order valence-corrected chi connectivity index (χ1v) is 7.27. The third-order valence-corrected chi connectivity index (χ3v) is 3.04. The van der Waals surface area contributed by atoms with Gasteiger partial charge >= 0.3 is 0 Å². The second kappa shape index (κ2) is 4.70. The minimum absolute atomic E-state index is 0.552. The van der Waals surface area contributed by atoms with Crippen LogP contribution in [0.15, 0.2) is 48.5 Å². The maximum Gasteiger partial charge on any atom is 0.229 e. The van der Waals surface area contributed by atoms with Gasteiger partial charge in [-0.05, 0) is 35.4 Å². The lowest BCUT2D eigenvalue weighted by Crippen LogP contribution is -2.09. The van der Waals surface area contributed by atoms with E-state index in [0.717, 1.165) is 17.4 Å². The molecule has 0 aliphatic carbocycles. The summed E-state index contributed by atoms with van der Waals surface area (Å²) in [5.74, 6) is 0. The zero-order valence-corrected chi connectivity index (χ0v) is 10.7. The Kier molecular flexibility index (Phi) is 3.25. The van der Waals surface area contributed by atoms with Crippen LogP contribution in [-0.2, 0) is 10.0 Å². The monoisotopic (exact) mass is 262 g/mol. The van der Waals surface area contributed by atoms with Crippen LogP contribution in [0, 0.1) is 0 Å². The minimum atomic E-state index is -3.23. The maximum absolute atomic E-state index is 11.1. The second-order valence-corrected chi connectivity index (χ2v) is 5.82. The van der Waals surface area contributed by atoms with Gasteiger partial charge in [0.05, 0.1) is 6.26 Å². The number of hydrogen-bond donors (Lipinski definition) is 2. The quantitative estimate of drug-likeness (QED) is 0.834. The summed E-state index contributed by atoms with van der Waals surface area (Å²) in [7, 11) is -3.23. The Morgan fingerprint density at radius 1 is 0.889 bits per heavy atom. The number of benzene rings is 2. The van der Waals surface area contributed by atoms with Crippen molar-refractivity contribution in [3.05, 3.63) is 48.5 Å². The molecule has 2 rings (SSSR count). The third kappa shape index (κ3) is 3.24. The Morgan fingerprint density at radius 2 is 1.33 bits per heavy atom. The Hall–Kier alpha value is -2.01. The number of nitrogens with one attached hydrogen (secondary N) is 1. The summed E-state index contributed by atoms with van der Waals surface area (Å²) in [6.07, 6.45) is 1.13. The van der Waals surface area contributed by atoms with Gasteiger partial charge in [0.2, 0.25) is 10.0 Å². The Bertz CT molecular complexity index is 632. The molecule has 18 heavy (non-hydrogen) atoms. The van der Waals surface area contributed by atoms with E-state index in [1.807, 2.05) is 36.4 Å². The van der Waals surface area contributed by atoms with Gasteiger partial charge in [-0.1, -0.05) is 24.3 Å². The van der Waals surface area contributed by atoms with Crippen molar-refractivity contribution in [2.24, 2.45) is 0 Å². The number of hydrogen-bond acceptors (Lipinski definition) is 3. The lowest BCUT2D eigenvalue weighted by atomic mass is 10.1. The largest absolute Gasteiger partial charge is 0.399 e. The van der Waals surface area contributed by atoms with Crippen molar-refractivity contribution in [2.75, 3.05) is 16.7 Å². The molecule has 4 nitrogen and oxygen atoms in total. The summed E-state index contributed by atoms with van der Waals surface area (Å²) in [6, 6.07) is 14.7. The zero-order valence-electron chi connectivity index (χ0n) is 9.92. The number of sulfonamides is 1. The topological polar surface area (TPSA) is 72.2 Å². The average Bonchev–Trinajstić information content (AvgIpc) is 2.29. The Labute approximate surface area is 107 Å². The van der Waals surface area contributed by atoms with E-state index in [9.17, 15) is 8.42 Å². The SMILES string of the molecule is CS(=O)(=O)Nc1ccc(-c2ccc(N)cc2)cc1. The molecule has 0 spiro atoms. The first-order chi connectivity index (χ1) is 8.44. The Morgan fingerprint density at radius 3 is 1.78 bits per heavy atom. The van der Waals surface area contributed by atoms with Gasteiger partial charge in [-0.2, -0.15) is 0 Å². The molecular formula is C13H14N2O2S. The molecule has 0 aromatic heterocycles. The van der Waals surface area contributed by atoms with Crippen LogP contribution in [-0.4, -0.2) is 14.7 Å². The van der Waals surface area contributed by atoms with Crippen LogP contribution in [0.4, 0.5) is 11.4 Å². The van der Waals surface area contributed by atoms with E-state index < -0.39 is 10.0 Å². The van der Waals surface area contributed by atoms with Crippen molar-refractivity contribution in [3.63, 3.8) is 0 Å². The van der Waals surface area contributed by atoms with Crippen molar-refractivity contribution < 1.29 is 8.42 Å². The molecule has 5 heteroatoms. The van der Waals surface area contributed by atoms with Crippen LogP contribution in [0.3, 0.4) is 0 Å². The van der Waals surface area contributed by atoms with Gasteiger partial charge < -0.3 is 5.73 Å². The fourth-order valence-electron chi connectivity index (χ4n) is 1.62. The number of rotatable bonds is 3. The molecule has 0 fully saturated rings. The summed E-state index contributed by atoms with van der Waals surface area (Å²) in [5, 5.41) is 0. The molecule has 0 saturated heterocycles. The molecule has 0 aliphatic heterocycles. The molecule has 0 saturated carbocycles. The van der Waals surface area contributed by atoms with Crippen molar-refractivity contribution in [1.29, 1.82) is 0 Å². The van der Waals surface area contributed by atoms with Gasteiger partial charge in [-0.3, -0.25) is 4.72 Å². The molecular weight excluding hydrogens is 248 g/mol. The number of nitrogens with two attached hydrogens (primary N) is 1. The number of anilines is 2. The number of nitrogen functional groups attached to an aromatic ring is 1. The smallest absolute Gasteiger partial charge is 0.229 e. The van der Waals surface area contributed by atoms with Gasteiger partial charge in [-0.15, -0.1) is 0 Å². The summed E-state index contributed by atoms with van der Waals surface area (Å²) >= 11 is 0. The van der Waals surface area contributed by atoms with E-state index in [2.05, 4.69) is 4.72 Å². The van der Waals surface area contributed by atoms with Crippen molar-refractivity contribution in [3.8, 4) is 11.1 Å². The van der Waals surface area contributed by atoms with Crippen LogP contribution in [0.1, 0.15) is 0 Å². The highest BCUT2D eigenvalue weighted by Crippen LogP contribution is 2.22. The van der Waals surface area contributed by atoms with Gasteiger partial charge in [0, 0.05) is 11.4 Å². The molecule has 0 heterocycles. The molecule has 0 unspecified atom stereocenters. The lowest BCUT2D eigenvalue weighted by molar-refractivity contribution is 0.607. The van der Waals surface area contributed by atoms with E-state index in [1.165, 1.54) is 0 Å². The molecule has 2 aromatic rings. The van der Waals surface area contributed by atoms with Gasteiger partial charge in [-0.25, -0.2) is 8.42 Å². The zero-order chi connectivity index (χ0) is 13.2. The molecule has 0 aliphatic rings. The molecule has 3 N–H and O–H groups in total. The van der Waals surface area contributed by atoms with Crippen molar-refractivity contribution in [2.45, 2.75) is 0 Å². The van der Waals surface area contributed by atoms with Crippen LogP contribution < -0.4 is 10.5 Å². The first-order valence-electron chi connectivity index (χ1n) is 5.38. The molecule has 0 radical (unpaired) electrons. The van der Waals surface area contributed by atoms with Crippen LogP contribution in [0.5, 0.6) is 0 Å². The highest BCUT2D eigenvalue weighted by molar-refractivity contribution is 7.92. The van der Waals surface area contributed by atoms with E-state index >= 15 is 0 Å². The van der Waals surface area contributed by atoms with E-state index in [1.54, 1.807) is 12.1 Å². The molecule has 2 aromatic carbocycles. The Balaban J connectivity index is 2.25. The van der Waals surface area contributed by atoms with Gasteiger partial charge in [0.15, 0.2) is 0 Å². The summed E-state index contributed by atoms with van der Waals surface area (Å²) in [5.41, 5.74) is 8.94. The van der Waals surface area contributed by atoms with Gasteiger partial charge in [0.25, 0.3) is 0 Å². The van der Waals surface area contributed by atoms with E-state index in [0.29, 0.717) is 11.4 Å². The van der Waals surface area contributed by atoms with Crippen molar-refractivity contribution in [1.82, 2.24) is 0 Å². The fraction of sp³-hybridized carbons (Fsp3) is 0.0769. The average molecular weight is 262 g/mol. The lowest BCUT2D eigenvalue weighted by Gasteiger charge is -2.06. The predicted molar refractivity (Wildman–Crippen MR) is 74.8 cm³/mol. The second-order valence-electron chi connectivity index (χ2n) is 4.07. The highest BCUT2D eigenvalue weighted by Gasteiger charge is 2.02. The maximum atomic E-state index is 11.1. The normalized spacial score (nSPS) is 11.2. The van der Waals surface area contributed by atoms with Crippen LogP contribution >= 0.6 is 0 Å². The molecule has 0 amide bonds. The van der Waals surface area contributed by atoms with Crippen LogP contribution in [0.25, 0.3) is 11.1 Å². The van der Waals surface area contributed by atoms with Gasteiger partial charge in [0.1, 0.15) is 0 Å². The summed E-state index contributed by atoms with van der Waals surface area (Å²) < 4.78 is 24.6. The third-order valence-electron chi connectivity index (χ3n) is 2.43. The highest BCUT2D eigenvalue weighted by atomic mass is 32.2.